The van der Waals surface area contributed by atoms with Crippen LogP contribution in [0.25, 0.3) is 0 Å². The minimum absolute atomic E-state index is 0.0559. The number of aromatic nitrogens is 1. The fraction of sp³-hybridized carbons (Fsp3) is 0.789. The quantitative estimate of drug-likeness (QED) is 0.823. The molecule has 0 saturated carbocycles. The highest BCUT2D eigenvalue weighted by atomic mass is 32.1. The molecule has 0 N–H and O–H groups in total. The number of carbonyl (C=O) groups excluding carboxylic acids is 1. The van der Waals surface area contributed by atoms with Crippen molar-refractivity contribution in [2.24, 2.45) is 5.92 Å². The smallest absolute Gasteiger partial charge is 0.228 e. The van der Waals surface area contributed by atoms with Crippen molar-refractivity contribution in [2.45, 2.75) is 45.4 Å². The first-order valence-corrected chi connectivity index (χ1v) is 10.3. The van der Waals surface area contributed by atoms with Gasteiger partial charge in [-0.25, -0.2) is 4.98 Å². The summed E-state index contributed by atoms with van der Waals surface area (Å²) in [4.78, 5) is 21.9. The Kier molecular flexibility index (Phi) is 6.12. The molecule has 140 valence electrons. The van der Waals surface area contributed by atoms with E-state index in [-0.39, 0.29) is 11.3 Å². The number of nitrogens with zero attached hydrogens (tertiary/aromatic N) is 3. The zero-order chi connectivity index (χ0) is 17.9. The molecule has 0 spiro atoms. The molecule has 2 aliphatic rings. The third-order valence-corrected chi connectivity index (χ3v) is 6.33. The Hall–Kier alpha value is -0.980. The summed E-state index contributed by atoms with van der Waals surface area (Å²) in [5.74, 6) is 0.828. The molecule has 0 radical (unpaired) electrons. The Morgan fingerprint density at radius 1 is 1.32 bits per heavy atom. The first-order chi connectivity index (χ1) is 11.9. The number of morpholine rings is 1. The molecule has 0 aliphatic carbocycles. The second kappa shape index (κ2) is 8.14. The van der Waals surface area contributed by atoms with Gasteiger partial charge in [-0.1, -0.05) is 20.8 Å². The molecule has 0 bridgehead atoms. The predicted octanol–water partition coefficient (Wildman–Crippen LogP) is 2.55. The van der Waals surface area contributed by atoms with Crippen LogP contribution in [-0.4, -0.2) is 66.6 Å². The summed E-state index contributed by atoms with van der Waals surface area (Å²) < 4.78 is 5.43. The molecule has 1 amide bonds. The van der Waals surface area contributed by atoms with Gasteiger partial charge in [-0.05, 0) is 18.8 Å². The monoisotopic (exact) mass is 365 g/mol. The van der Waals surface area contributed by atoms with E-state index in [9.17, 15) is 4.79 Å². The second-order valence-corrected chi connectivity index (χ2v) is 9.19. The summed E-state index contributed by atoms with van der Waals surface area (Å²) in [6, 6.07) is 0. The lowest BCUT2D eigenvalue weighted by Crippen LogP contribution is -2.46. The normalized spacial score (nSPS) is 23.0. The number of likely N-dealkylation sites (tertiary alicyclic amines) is 1. The number of rotatable bonds is 4. The predicted molar refractivity (Wildman–Crippen MR) is 101 cm³/mol. The van der Waals surface area contributed by atoms with Gasteiger partial charge in [0.25, 0.3) is 0 Å². The molecule has 1 atom stereocenters. The van der Waals surface area contributed by atoms with Gasteiger partial charge in [-0.15, -0.1) is 11.3 Å². The largest absolute Gasteiger partial charge is 0.379 e. The van der Waals surface area contributed by atoms with Crippen LogP contribution < -0.4 is 0 Å². The fourth-order valence-corrected chi connectivity index (χ4v) is 4.50. The Morgan fingerprint density at radius 3 is 2.76 bits per heavy atom. The van der Waals surface area contributed by atoms with Gasteiger partial charge in [-0.2, -0.15) is 0 Å². The van der Waals surface area contributed by atoms with E-state index in [2.05, 4.69) is 35.6 Å². The lowest BCUT2D eigenvalue weighted by Gasteiger charge is -2.36. The van der Waals surface area contributed by atoms with Gasteiger partial charge >= 0.3 is 0 Å². The van der Waals surface area contributed by atoms with Crippen molar-refractivity contribution in [3.8, 4) is 0 Å². The van der Waals surface area contributed by atoms with Crippen LogP contribution in [0.1, 0.15) is 44.3 Å². The number of hydrogen-bond donors (Lipinski definition) is 0. The van der Waals surface area contributed by atoms with E-state index in [1.165, 1.54) is 6.42 Å². The minimum Gasteiger partial charge on any atom is -0.379 e. The molecule has 2 aliphatic heterocycles. The van der Waals surface area contributed by atoms with Gasteiger partial charge in [-0.3, -0.25) is 9.69 Å². The van der Waals surface area contributed by atoms with Gasteiger partial charge in [0, 0.05) is 43.5 Å². The van der Waals surface area contributed by atoms with Crippen molar-refractivity contribution < 1.29 is 9.53 Å². The summed E-state index contributed by atoms with van der Waals surface area (Å²) in [6.07, 6.45) is 2.79. The van der Waals surface area contributed by atoms with Crippen LogP contribution in [0.15, 0.2) is 5.38 Å². The van der Waals surface area contributed by atoms with E-state index in [4.69, 9.17) is 4.74 Å². The molecule has 6 heteroatoms. The Labute approximate surface area is 155 Å². The number of ether oxygens (including phenoxy) is 1. The molecule has 3 heterocycles. The maximum absolute atomic E-state index is 12.7. The topological polar surface area (TPSA) is 45.7 Å². The van der Waals surface area contributed by atoms with Crippen molar-refractivity contribution >= 4 is 17.2 Å². The Bertz CT molecular complexity index is 575. The van der Waals surface area contributed by atoms with Crippen molar-refractivity contribution in [1.29, 1.82) is 0 Å². The second-order valence-electron chi connectivity index (χ2n) is 8.33. The van der Waals surface area contributed by atoms with Gasteiger partial charge < -0.3 is 9.64 Å². The maximum atomic E-state index is 12.7. The highest BCUT2D eigenvalue weighted by Gasteiger charge is 2.26. The summed E-state index contributed by atoms with van der Waals surface area (Å²) in [7, 11) is 0. The van der Waals surface area contributed by atoms with Crippen molar-refractivity contribution in [2.75, 3.05) is 45.9 Å². The number of piperidine rings is 1. The third kappa shape index (κ3) is 5.25. The number of thiazole rings is 1. The standard InChI is InChI=1S/C19H31N3O2S/c1-19(2,3)18-20-16(14-25-18)11-17(23)22-6-4-5-15(13-22)12-21-7-9-24-10-8-21/h14-15H,4-13H2,1-3H3. The summed E-state index contributed by atoms with van der Waals surface area (Å²) in [5.41, 5.74) is 0.982. The molecule has 5 nitrogen and oxygen atoms in total. The highest BCUT2D eigenvalue weighted by Crippen LogP contribution is 2.26. The van der Waals surface area contributed by atoms with Crippen molar-refractivity contribution in [1.82, 2.24) is 14.8 Å². The average molecular weight is 366 g/mol. The summed E-state index contributed by atoms with van der Waals surface area (Å²) in [5, 5.41) is 3.16. The van der Waals surface area contributed by atoms with Gasteiger partial charge in [0.15, 0.2) is 0 Å². The third-order valence-electron chi connectivity index (χ3n) is 5.02. The Balaban J connectivity index is 1.52. The van der Waals surface area contributed by atoms with Crippen LogP contribution in [0.3, 0.4) is 0 Å². The fourth-order valence-electron chi connectivity index (χ4n) is 3.59. The average Bonchev–Trinajstić information content (AvgIpc) is 3.05. The number of amides is 1. The maximum Gasteiger partial charge on any atom is 0.228 e. The van der Waals surface area contributed by atoms with Crippen LogP contribution in [0.5, 0.6) is 0 Å². The Morgan fingerprint density at radius 2 is 2.08 bits per heavy atom. The summed E-state index contributed by atoms with van der Waals surface area (Å²) >= 11 is 1.67. The number of carbonyl (C=O) groups is 1. The first-order valence-electron chi connectivity index (χ1n) is 9.44. The zero-order valence-electron chi connectivity index (χ0n) is 15.8. The molecule has 1 aromatic rings. The molecule has 3 rings (SSSR count). The molecular formula is C19H31N3O2S. The minimum atomic E-state index is 0.0559. The number of hydrogen-bond acceptors (Lipinski definition) is 5. The molecule has 2 fully saturated rings. The molecule has 1 unspecified atom stereocenters. The SMILES string of the molecule is CC(C)(C)c1nc(CC(=O)N2CCCC(CN3CCOCC3)C2)cs1. The van der Waals surface area contributed by atoms with Crippen LogP contribution >= 0.6 is 11.3 Å². The van der Waals surface area contributed by atoms with Crippen LogP contribution in [0.4, 0.5) is 0 Å². The lowest BCUT2D eigenvalue weighted by atomic mass is 9.96. The first kappa shape index (κ1) is 18.8. The van der Waals surface area contributed by atoms with Crippen LogP contribution in [0.2, 0.25) is 0 Å². The molecule has 25 heavy (non-hydrogen) atoms. The zero-order valence-corrected chi connectivity index (χ0v) is 16.6. The molecule has 1 aromatic heterocycles. The van der Waals surface area contributed by atoms with Gasteiger partial charge in [0.2, 0.25) is 5.91 Å². The molecule has 0 aromatic carbocycles. The van der Waals surface area contributed by atoms with Crippen molar-refractivity contribution in [3.63, 3.8) is 0 Å². The van der Waals surface area contributed by atoms with Gasteiger partial charge in [0.1, 0.15) is 0 Å². The van der Waals surface area contributed by atoms with E-state index in [1.54, 1.807) is 11.3 Å². The highest BCUT2D eigenvalue weighted by molar-refractivity contribution is 7.09. The van der Waals surface area contributed by atoms with E-state index >= 15 is 0 Å². The van der Waals surface area contributed by atoms with E-state index in [0.29, 0.717) is 12.3 Å². The van der Waals surface area contributed by atoms with Gasteiger partial charge in [0.05, 0.1) is 30.3 Å². The van der Waals surface area contributed by atoms with E-state index < -0.39 is 0 Å². The van der Waals surface area contributed by atoms with E-state index in [1.807, 2.05) is 5.38 Å². The van der Waals surface area contributed by atoms with Crippen molar-refractivity contribution in [3.05, 3.63) is 16.1 Å². The van der Waals surface area contributed by atoms with Crippen LogP contribution in [-0.2, 0) is 21.4 Å². The molecular weight excluding hydrogens is 334 g/mol. The lowest BCUT2D eigenvalue weighted by molar-refractivity contribution is -0.132. The van der Waals surface area contributed by atoms with Crippen LogP contribution in [0, 0.1) is 5.92 Å². The molecule has 2 saturated heterocycles. The summed E-state index contributed by atoms with van der Waals surface area (Å²) in [6.45, 7) is 13.1. The van der Waals surface area contributed by atoms with E-state index in [0.717, 1.165) is 63.1 Å².